The third-order valence-corrected chi connectivity index (χ3v) is 3.09. The summed E-state index contributed by atoms with van der Waals surface area (Å²) in [5.41, 5.74) is 0.559. The number of methoxy groups -OCH3 is 1. The maximum atomic E-state index is 11.9. The molecule has 2 N–H and O–H groups in total. The summed E-state index contributed by atoms with van der Waals surface area (Å²) in [5.74, 6) is -1.14. The molecular weight excluding hydrogens is 298 g/mol. The molecule has 1 aromatic carbocycles. The zero-order valence-electron chi connectivity index (χ0n) is 12.4. The van der Waals surface area contributed by atoms with Gasteiger partial charge >= 0.3 is 11.8 Å². The summed E-state index contributed by atoms with van der Waals surface area (Å²) in [4.78, 5) is 23.7. The zero-order chi connectivity index (χ0) is 16.7. The highest BCUT2D eigenvalue weighted by Gasteiger charge is 2.19. The van der Waals surface area contributed by atoms with Crippen molar-refractivity contribution >= 4 is 17.5 Å². The van der Waals surface area contributed by atoms with Crippen LogP contribution in [0.2, 0.25) is 0 Å². The molecule has 0 bridgehead atoms. The van der Waals surface area contributed by atoms with Crippen LogP contribution in [-0.2, 0) is 14.3 Å². The molecule has 23 heavy (non-hydrogen) atoms. The first-order valence-electron chi connectivity index (χ1n) is 6.80. The standard InChI is InChI=1S/C16H15N3O4/c1-22-14(13-7-4-8-23-13)10-18-15(20)16(21)19-12-6-3-2-5-11(12)9-17/h2-8,14H,10H2,1H3,(H,18,20)(H,19,21)/t14-/m0/s1. The number of anilines is 1. The second-order valence-corrected chi connectivity index (χ2v) is 4.56. The van der Waals surface area contributed by atoms with E-state index in [0.29, 0.717) is 5.76 Å². The number of hydrogen-bond donors (Lipinski definition) is 2. The lowest BCUT2D eigenvalue weighted by molar-refractivity contribution is -0.136. The fourth-order valence-corrected chi connectivity index (χ4v) is 1.91. The number of nitrogens with zero attached hydrogens (tertiary/aromatic N) is 1. The summed E-state index contributed by atoms with van der Waals surface area (Å²) in [6.07, 6.45) is 1.00. The van der Waals surface area contributed by atoms with Gasteiger partial charge in [0.25, 0.3) is 0 Å². The van der Waals surface area contributed by atoms with E-state index in [2.05, 4.69) is 10.6 Å². The second-order valence-electron chi connectivity index (χ2n) is 4.56. The number of carbonyl (C=O) groups excluding carboxylic acids is 2. The van der Waals surface area contributed by atoms with Crippen molar-refractivity contribution in [1.29, 1.82) is 5.26 Å². The van der Waals surface area contributed by atoms with Crippen molar-refractivity contribution in [2.75, 3.05) is 19.0 Å². The Kier molecular flexibility index (Phi) is 5.50. The minimum Gasteiger partial charge on any atom is -0.467 e. The van der Waals surface area contributed by atoms with Crippen LogP contribution in [-0.4, -0.2) is 25.5 Å². The van der Waals surface area contributed by atoms with Crippen molar-refractivity contribution < 1.29 is 18.7 Å². The van der Waals surface area contributed by atoms with E-state index >= 15 is 0 Å². The number of benzene rings is 1. The van der Waals surface area contributed by atoms with Gasteiger partial charge in [-0.2, -0.15) is 5.26 Å². The minimum atomic E-state index is -0.859. The van der Waals surface area contributed by atoms with E-state index in [1.807, 2.05) is 6.07 Å². The number of ether oxygens (including phenoxy) is 1. The Morgan fingerprint density at radius 3 is 2.70 bits per heavy atom. The second kappa shape index (κ2) is 7.77. The predicted molar refractivity (Wildman–Crippen MR) is 81.3 cm³/mol. The SMILES string of the molecule is CO[C@@H](CNC(=O)C(=O)Nc1ccccc1C#N)c1ccco1. The molecule has 1 heterocycles. The largest absolute Gasteiger partial charge is 0.467 e. The van der Waals surface area contributed by atoms with E-state index < -0.39 is 17.9 Å². The quantitative estimate of drug-likeness (QED) is 0.816. The van der Waals surface area contributed by atoms with E-state index in [1.54, 1.807) is 36.4 Å². The van der Waals surface area contributed by atoms with Crippen molar-refractivity contribution in [3.63, 3.8) is 0 Å². The number of furan rings is 1. The highest BCUT2D eigenvalue weighted by atomic mass is 16.5. The molecule has 2 amide bonds. The van der Waals surface area contributed by atoms with Crippen LogP contribution in [0.5, 0.6) is 0 Å². The van der Waals surface area contributed by atoms with Crippen molar-refractivity contribution in [2.45, 2.75) is 6.10 Å². The third kappa shape index (κ3) is 4.18. The molecule has 0 unspecified atom stereocenters. The summed E-state index contributed by atoms with van der Waals surface area (Å²) in [6.45, 7) is 0.0795. The van der Waals surface area contributed by atoms with Crippen LogP contribution in [0.3, 0.4) is 0 Å². The molecule has 0 aliphatic carbocycles. The monoisotopic (exact) mass is 313 g/mol. The Labute approximate surface area is 132 Å². The number of rotatable bonds is 5. The number of amides is 2. The van der Waals surface area contributed by atoms with E-state index in [9.17, 15) is 9.59 Å². The van der Waals surface area contributed by atoms with Gasteiger partial charge in [-0.1, -0.05) is 12.1 Å². The summed E-state index contributed by atoms with van der Waals surface area (Å²) in [6, 6.07) is 11.8. The molecule has 1 aromatic heterocycles. The van der Waals surface area contributed by atoms with Gasteiger partial charge in [0.1, 0.15) is 17.9 Å². The predicted octanol–water partition coefficient (Wildman–Crippen LogP) is 1.59. The van der Waals surface area contributed by atoms with Crippen LogP contribution in [0.25, 0.3) is 0 Å². The fraction of sp³-hybridized carbons (Fsp3) is 0.188. The van der Waals surface area contributed by atoms with Gasteiger partial charge in [-0.05, 0) is 24.3 Å². The zero-order valence-corrected chi connectivity index (χ0v) is 12.4. The molecule has 2 rings (SSSR count). The molecule has 0 saturated heterocycles. The van der Waals surface area contributed by atoms with Crippen LogP contribution in [0.1, 0.15) is 17.4 Å². The first kappa shape index (κ1) is 16.3. The van der Waals surface area contributed by atoms with Gasteiger partial charge in [0.2, 0.25) is 0 Å². The van der Waals surface area contributed by atoms with Crippen molar-refractivity contribution in [3.8, 4) is 6.07 Å². The Morgan fingerprint density at radius 1 is 1.26 bits per heavy atom. The van der Waals surface area contributed by atoms with Gasteiger partial charge in [-0.3, -0.25) is 9.59 Å². The minimum absolute atomic E-state index is 0.0795. The molecule has 0 aliphatic heterocycles. The van der Waals surface area contributed by atoms with E-state index in [-0.39, 0.29) is 17.8 Å². The first-order chi connectivity index (χ1) is 11.2. The Hall–Kier alpha value is -3.11. The molecule has 7 nitrogen and oxygen atoms in total. The number of nitriles is 1. The van der Waals surface area contributed by atoms with Crippen LogP contribution in [0.15, 0.2) is 47.1 Å². The van der Waals surface area contributed by atoms with Crippen molar-refractivity contribution in [1.82, 2.24) is 5.32 Å². The molecule has 0 aliphatic rings. The average Bonchev–Trinajstić information content (AvgIpc) is 3.10. The molecule has 7 heteroatoms. The Bertz CT molecular complexity index is 719. The van der Waals surface area contributed by atoms with Crippen molar-refractivity contribution in [3.05, 3.63) is 54.0 Å². The summed E-state index contributed by atoms with van der Waals surface area (Å²) in [7, 11) is 1.47. The number of carbonyl (C=O) groups is 2. The number of para-hydroxylation sites is 1. The molecular formula is C16H15N3O4. The smallest absolute Gasteiger partial charge is 0.313 e. The van der Waals surface area contributed by atoms with Crippen LogP contribution in [0, 0.1) is 11.3 Å². The van der Waals surface area contributed by atoms with Gasteiger partial charge in [-0.25, -0.2) is 0 Å². The molecule has 118 valence electrons. The third-order valence-electron chi connectivity index (χ3n) is 3.09. The first-order valence-corrected chi connectivity index (χ1v) is 6.80. The molecule has 0 spiro atoms. The molecule has 2 aromatic rings. The molecule has 1 atom stereocenters. The number of nitrogens with one attached hydrogen (secondary N) is 2. The fourth-order valence-electron chi connectivity index (χ4n) is 1.91. The molecule has 0 fully saturated rings. The molecule has 0 saturated carbocycles. The van der Waals surface area contributed by atoms with Gasteiger partial charge < -0.3 is 19.8 Å². The summed E-state index contributed by atoms with van der Waals surface area (Å²) in [5, 5.41) is 13.8. The maximum Gasteiger partial charge on any atom is 0.313 e. The average molecular weight is 313 g/mol. The van der Waals surface area contributed by atoms with Crippen LogP contribution < -0.4 is 10.6 Å². The van der Waals surface area contributed by atoms with Gasteiger partial charge in [0.15, 0.2) is 0 Å². The highest BCUT2D eigenvalue weighted by Crippen LogP contribution is 2.16. The number of hydrogen-bond acceptors (Lipinski definition) is 5. The van der Waals surface area contributed by atoms with E-state index in [1.165, 1.54) is 13.4 Å². The lowest BCUT2D eigenvalue weighted by Gasteiger charge is -2.13. The lowest BCUT2D eigenvalue weighted by Crippen LogP contribution is -2.38. The van der Waals surface area contributed by atoms with Gasteiger partial charge in [-0.15, -0.1) is 0 Å². The van der Waals surface area contributed by atoms with Crippen molar-refractivity contribution in [2.24, 2.45) is 0 Å². The maximum absolute atomic E-state index is 11.9. The van der Waals surface area contributed by atoms with Gasteiger partial charge in [0, 0.05) is 7.11 Å². The lowest BCUT2D eigenvalue weighted by atomic mass is 10.2. The highest BCUT2D eigenvalue weighted by molar-refractivity contribution is 6.39. The van der Waals surface area contributed by atoms with Gasteiger partial charge in [0.05, 0.1) is 24.1 Å². The molecule has 0 radical (unpaired) electrons. The summed E-state index contributed by atoms with van der Waals surface area (Å²) < 4.78 is 10.4. The van der Waals surface area contributed by atoms with Crippen LogP contribution in [0.4, 0.5) is 5.69 Å². The Balaban J connectivity index is 1.93. The van der Waals surface area contributed by atoms with Crippen LogP contribution >= 0.6 is 0 Å². The Morgan fingerprint density at radius 2 is 2.04 bits per heavy atom. The normalized spacial score (nSPS) is 11.3. The topological polar surface area (TPSA) is 104 Å². The summed E-state index contributed by atoms with van der Waals surface area (Å²) >= 11 is 0. The van der Waals surface area contributed by atoms with E-state index in [4.69, 9.17) is 14.4 Å². The van der Waals surface area contributed by atoms with E-state index in [0.717, 1.165) is 0 Å².